The fourth-order valence-corrected chi connectivity index (χ4v) is 1.98. The Kier molecular flexibility index (Phi) is 2.31. The molecule has 0 fully saturated rings. The van der Waals surface area contributed by atoms with Crippen molar-refractivity contribution in [3.8, 4) is 11.9 Å². The van der Waals surface area contributed by atoms with Gasteiger partial charge in [0.25, 0.3) is 0 Å². The summed E-state index contributed by atoms with van der Waals surface area (Å²) < 4.78 is 1.75. The molecule has 0 spiro atoms. The number of aryl methyl sites for hydroxylation is 1. The standard InChI is InChI=1S/C14H10N4/c1-10-4-2-7-14(17-10)18-13-6-3-5-11(8-15)12(13)9-16-18/h2-7,9H,1H3. The summed E-state index contributed by atoms with van der Waals surface area (Å²) in [5, 5.41) is 14.2. The Balaban J connectivity index is 2.29. The zero-order chi connectivity index (χ0) is 12.5. The second kappa shape index (κ2) is 3.97. The highest BCUT2D eigenvalue weighted by atomic mass is 15.3. The lowest BCUT2D eigenvalue weighted by Crippen LogP contribution is -1.99. The number of benzene rings is 1. The van der Waals surface area contributed by atoms with Gasteiger partial charge in [0.15, 0.2) is 5.82 Å². The molecule has 0 amide bonds. The number of pyridine rings is 1. The van der Waals surface area contributed by atoms with Crippen LogP contribution in [0.3, 0.4) is 0 Å². The van der Waals surface area contributed by atoms with E-state index >= 15 is 0 Å². The minimum Gasteiger partial charge on any atom is -0.234 e. The fraction of sp³-hybridized carbons (Fsp3) is 0.0714. The zero-order valence-electron chi connectivity index (χ0n) is 9.83. The molecule has 3 aromatic rings. The van der Waals surface area contributed by atoms with Gasteiger partial charge in [0.05, 0.1) is 23.3 Å². The third kappa shape index (κ3) is 1.54. The molecular formula is C14H10N4. The van der Waals surface area contributed by atoms with Gasteiger partial charge in [0.2, 0.25) is 0 Å². The van der Waals surface area contributed by atoms with Crippen LogP contribution in [0, 0.1) is 18.3 Å². The van der Waals surface area contributed by atoms with Crippen LogP contribution in [0.1, 0.15) is 11.3 Å². The van der Waals surface area contributed by atoms with Crippen molar-refractivity contribution in [3.63, 3.8) is 0 Å². The summed E-state index contributed by atoms with van der Waals surface area (Å²) in [7, 11) is 0. The number of nitriles is 1. The molecule has 0 radical (unpaired) electrons. The quantitative estimate of drug-likeness (QED) is 0.650. The van der Waals surface area contributed by atoms with Crippen LogP contribution >= 0.6 is 0 Å². The highest BCUT2D eigenvalue weighted by molar-refractivity contribution is 5.85. The molecule has 3 rings (SSSR count). The Morgan fingerprint density at radius 3 is 2.78 bits per heavy atom. The summed E-state index contributed by atoms with van der Waals surface area (Å²) in [6.45, 7) is 1.94. The van der Waals surface area contributed by atoms with E-state index in [1.807, 2.05) is 37.3 Å². The largest absolute Gasteiger partial charge is 0.234 e. The lowest BCUT2D eigenvalue weighted by atomic mass is 10.1. The van der Waals surface area contributed by atoms with Crippen molar-refractivity contribution in [2.24, 2.45) is 0 Å². The van der Waals surface area contributed by atoms with E-state index in [1.54, 1.807) is 16.9 Å². The van der Waals surface area contributed by atoms with E-state index in [4.69, 9.17) is 5.26 Å². The molecule has 18 heavy (non-hydrogen) atoms. The number of aromatic nitrogens is 3. The fourth-order valence-electron chi connectivity index (χ4n) is 1.98. The molecule has 2 heterocycles. The number of fused-ring (bicyclic) bond motifs is 1. The Labute approximate surface area is 104 Å². The van der Waals surface area contributed by atoms with Gasteiger partial charge in [-0.15, -0.1) is 0 Å². The van der Waals surface area contributed by atoms with Crippen LogP contribution in [0.15, 0.2) is 42.6 Å². The van der Waals surface area contributed by atoms with Crippen LogP contribution < -0.4 is 0 Å². The first-order valence-corrected chi connectivity index (χ1v) is 5.60. The molecule has 0 bridgehead atoms. The van der Waals surface area contributed by atoms with Crippen molar-refractivity contribution in [1.29, 1.82) is 5.26 Å². The van der Waals surface area contributed by atoms with Crippen molar-refractivity contribution in [3.05, 3.63) is 53.9 Å². The molecule has 0 saturated carbocycles. The maximum absolute atomic E-state index is 9.06. The third-order valence-electron chi connectivity index (χ3n) is 2.82. The highest BCUT2D eigenvalue weighted by Crippen LogP contribution is 2.20. The van der Waals surface area contributed by atoms with Crippen LogP contribution in [-0.2, 0) is 0 Å². The predicted octanol–water partition coefficient (Wildman–Crippen LogP) is 2.60. The number of hydrogen-bond donors (Lipinski definition) is 0. The summed E-state index contributed by atoms with van der Waals surface area (Å²) in [6, 6.07) is 13.5. The molecule has 0 aliphatic carbocycles. The molecule has 0 atom stereocenters. The van der Waals surface area contributed by atoms with Crippen LogP contribution in [0.2, 0.25) is 0 Å². The van der Waals surface area contributed by atoms with E-state index < -0.39 is 0 Å². The second-order valence-corrected chi connectivity index (χ2v) is 4.04. The van der Waals surface area contributed by atoms with Gasteiger partial charge in [-0.1, -0.05) is 12.1 Å². The molecule has 0 N–H and O–H groups in total. The van der Waals surface area contributed by atoms with E-state index in [1.165, 1.54) is 0 Å². The Morgan fingerprint density at radius 2 is 2.00 bits per heavy atom. The summed E-state index contributed by atoms with van der Waals surface area (Å²) in [5.41, 5.74) is 2.46. The van der Waals surface area contributed by atoms with Crippen molar-refractivity contribution in [2.75, 3.05) is 0 Å². The van der Waals surface area contributed by atoms with Crippen LogP contribution in [0.5, 0.6) is 0 Å². The van der Waals surface area contributed by atoms with Gasteiger partial charge in [-0.2, -0.15) is 10.4 Å². The Hall–Kier alpha value is -2.67. The van der Waals surface area contributed by atoms with E-state index in [0.717, 1.165) is 22.4 Å². The van der Waals surface area contributed by atoms with Gasteiger partial charge >= 0.3 is 0 Å². The first-order valence-electron chi connectivity index (χ1n) is 5.60. The molecule has 0 aliphatic rings. The number of nitrogens with zero attached hydrogens (tertiary/aromatic N) is 4. The normalized spacial score (nSPS) is 10.4. The Morgan fingerprint density at radius 1 is 1.17 bits per heavy atom. The van der Waals surface area contributed by atoms with Crippen molar-refractivity contribution >= 4 is 10.9 Å². The lowest BCUT2D eigenvalue weighted by molar-refractivity contribution is 0.867. The molecule has 0 saturated heterocycles. The Bertz CT molecular complexity index is 765. The zero-order valence-corrected chi connectivity index (χ0v) is 9.83. The van der Waals surface area contributed by atoms with Crippen LogP contribution in [-0.4, -0.2) is 14.8 Å². The summed E-state index contributed by atoms with van der Waals surface area (Å²) >= 11 is 0. The van der Waals surface area contributed by atoms with Gasteiger partial charge < -0.3 is 0 Å². The van der Waals surface area contributed by atoms with Gasteiger partial charge in [-0.3, -0.25) is 0 Å². The first kappa shape index (κ1) is 10.5. The topological polar surface area (TPSA) is 54.5 Å². The second-order valence-electron chi connectivity index (χ2n) is 4.04. The van der Waals surface area contributed by atoms with Gasteiger partial charge in [0, 0.05) is 11.1 Å². The molecule has 1 aromatic carbocycles. The lowest BCUT2D eigenvalue weighted by Gasteiger charge is -2.03. The van der Waals surface area contributed by atoms with E-state index in [9.17, 15) is 0 Å². The van der Waals surface area contributed by atoms with Crippen molar-refractivity contribution in [1.82, 2.24) is 14.8 Å². The smallest absolute Gasteiger partial charge is 0.154 e. The van der Waals surface area contributed by atoms with E-state index in [2.05, 4.69) is 16.2 Å². The molecular weight excluding hydrogens is 224 g/mol. The molecule has 86 valence electrons. The molecule has 0 aliphatic heterocycles. The minimum absolute atomic E-state index is 0.631. The van der Waals surface area contributed by atoms with Gasteiger partial charge in [0.1, 0.15) is 0 Å². The predicted molar refractivity (Wildman–Crippen MR) is 68.3 cm³/mol. The highest BCUT2D eigenvalue weighted by Gasteiger charge is 2.08. The van der Waals surface area contributed by atoms with Crippen LogP contribution in [0.25, 0.3) is 16.7 Å². The van der Waals surface area contributed by atoms with Crippen LogP contribution in [0.4, 0.5) is 0 Å². The van der Waals surface area contributed by atoms with E-state index in [-0.39, 0.29) is 0 Å². The minimum atomic E-state index is 0.631. The number of rotatable bonds is 1. The summed E-state index contributed by atoms with van der Waals surface area (Å²) in [5.74, 6) is 0.764. The SMILES string of the molecule is Cc1cccc(-n2ncc3c(C#N)cccc32)n1. The van der Waals surface area contributed by atoms with Gasteiger partial charge in [-0.05, 0) is 31.2 Å². The maximum atomic E-state index is 9.06. The van der Waals surface area contributed by atoms with Gasteiger partial charge in [-0.25, -0.2) is 9.67 Å². The van der Waals surface area contributed by atoms with Crippen molar-refractivity contribution in [2.45, 2.75) is 6.92 Å². The third-order valence-corrected chi connectivity index (χ3v) is 2.82. The monoisotopic (exact) mass is 234 g/mol. The number of hydrogen-bond acceptors (Lipinski definition) is 3. The maximum Gasteiger partial charge on any atom is 0.154 e. The van der Waals surface area contributed by atoms with E-state index in [0.29, 0.717) is 5.56 Å². The first-order chi connectivity index (χ1) is 8.79. The average Bonchev–Trinajstić information content (AvgIpc) is 2.82. The molecule has 4 heteroatoms. The summed E-state index contributed by atoms with van der Waals surface area (Å²) in [6.07, 6.45) is 1.71. The summed E-state index contributed by atoms with van der Waals surface area (Å²) in [4.78, 5) is 4.44. The van der Waals surface area contributed by atoms with Crippen molar-refractivity contribution < 1.29 is 0 Å². The average molecular weight is 234 g/mol. The molecule has 2 aromatic heterocycles. The molecule has 0 unspecified atom stereocenters. The molecule has 4 nitrogen and oxygen atoms in total.